The molecule has 142 valence electrons. The summed E-state index contributed by atoms with van der Waals surface area (Å²) in [6.45, 7) is 6.31. The van der Waals surface area contributed by atoms with Crippen LogP contribution in [0.25, 0.3) is 0 Å². The van der Waals surface area contributed by atoms with E-state index in [1.165, 1.54) is 11.3 Å². The van der Waals surface area contributed by atoms with Gasteiger partial charge >= 0.3 is 0 Å². The van der Waals surface area contributed by atoms with Gasteiger partial charge in [0.05, 0.1) is 17.1 Å². The van der Waals surface area contributed by atoms with Crippen LogP contribution in [0.2, 0.25) is 5.02 Å². The molecule has 0 aliphatic carbocycles. The number of halogens is 1. The summed E-state index contributed by atoms with van der Waals surface area (Å²) in [7, 11) is 1.89. The number of hydrogen-bond acceptors (Lipinski definition) is 4. The molecule has 0 spiro atoms. The van der Waals surface area contributed by atoms with Gasteiger partial charge in [-0.15, -0.1) is 11.3 Å². The summed E-state index contributed by atoms with van der Waals surface area (Å²) in [5.41, 5.74) is 4.01. The highest BCUT2D eigenvalue weighted by Crippen LogP contribution is 2.24. The van der Waals surface area contributed by atoms with Crippen LogP contribution in [0.1, 0.15) is 45.0 Å². The number of aromatic nitrogens is 2. The monoisotopic (exact) mass is 403 g/mol. The Hall–Kier alpha value is -2.31. The number of nitrogens with zero attached hydrogens (tertiary/aromatic N) is 2. The van der Waals surface area contributed by atoms with E-state index in [0.29, 0.717) is 16.5 Å². The van der Waals surface area contributed by atoms with E-state index in [4.69, 9.17) is 16.3 Å². The van der Waals surface area contributed by atoms with Crippen molar-refractivity contribution in [2.75, 3.05) is 0 Å². The van der Waals surface area contributed by atoms with Crippen LogP contribution in [0.5, 0.6) is 5.75 Å². The summed E-state index contributed by atoms with van der Waals surface area (Å²) in [5.74, 6) is 0.696. The van der Waals surface area contributed by atoms with Crippen LogP contribution >= 0.6 is 22.9 Å². The molecule has 1 unspecified atom stereocenters. The van der Waals surface area contributed by atoms with Gasteiger partial charge in [0.25, 0.3) is 5.91 Å². The zero-order valence-electron chi connectivity index (χ0n) is 15.7. The van der Waals surface area contributed by atoms with E-state index in [0.717, 1.165) is 28.1 Å². The molecule has 2 aromatic heterocycles. The molecule has 0 aliphatic rings. The Labute approximate surface area is 167 Å². The first-order valence-corrected chi connectivity index (χ1v) is 9.86. The lowest BCUT2D eigenvalue weighted by Crippen LogP contribution is -2.26. The maximum atomic E-state index is 12.5. The van der Waals surface area contributed by atoms with E-state index in [-0.39, 0.29) is 11.9 Å². The Kier molecular flexibility index (Phi) is 5.87. The van der Waals surface area contributed by atoms with E-state index in [1.54, 1.807) is 16.9 Å². The van der Waals surface area contributed by atoms with Crippen molar-refractivity contribution in [1.82, 2.24) is 15.1 Å². The minimum Gasteiger partial charge on any atom is -0.489 e. The zero-order chi connectivity index (χ0) is 19.6. The van der Waals surface area contributed by atoms with Gasteiger partial charge in [-0.3, -0.25) is 9.48 Å². The van der Waals surface area contributed by atoms with E-state index in [2.05, 4.69) is 10.4 Å². The summed E-state index contributed by atoms with van der Waals surface area (Å²) >= 11 is 7.38. The highest BCUT2D eigenvalue weighted by atomic mass is 35.5. The normalized spacial score (nSPS) is 12.0. The van der Waals surface area contributed by atoms with Gasteiger partial charge in [-0.05, 0) is 56.0 Å². The van der Waals surface area contributed by atoms with Gasteiger partial charge in [-0.1, -0.05) is 11.6 Å². The molecule has 27 heavy (non-hydrogen) atoms. The average Bonchev–Trinajstić information content (AvgIpc) is 3.22. The first-order valence-electron chi connectivity index (χ1n) is 8.61. The van der Waals surface area contributed by atoms with Gasteiger partial charge in [0, 0.05) is 28.9 Å². The van der Waals surface area contributed by atoms with Crippen molar-refractivity contribution in [2.45, 2.75) is 33.4 Å². The molecule has 0 saturated heterocycles. The number of hydrogen-bond donors (Lipinski definition) is 1. The van der Waals surface area contributed by atoms with E-state index in [1.807, 2.05) is 51.4 Å². The zero-order valence-corrected chi connectivity index (χ0v) is 17.3. The minimum atomic E-state index is -0.107. The highest BCUT2D eigenvalue weighted by molar-refractivity contribution is 7.12. The topological polar surface area (TPSA) is 56.1 Å². The molecular formula is C20H22ClN3O2S. The van der Waals surface area contributed by atoms with E-state index < -0.39 is 0 Å². The van der Waals surface area contributed by atoms with Crippen molar-refractivity contribution in [1.29, 1.82) is 0 Å². The number of aryl methyl sites for hydroxylation is 2. The second kappa shape index (κ2) is 8.15. The van der Waals surface area contributed by atoms with Crippen molar-refractivity contribution in [3.05, 3.63) is 68.1 Å². The fourth-order valence-electron chi connectivity index (χ4n) is 2.79. The van der Waals surface area contributed by atoms with Crippen molar-refractivity contribution in [3.8, 4) is 5.75 Å². The van der Waals surface area contributed by atoms with Gasteiger partial charge in [-0.25, -0.2) is 0 Å². The predicted octanol–water partition coefficient (Wildman–Crippen LogP) is 4.82. The number of benzene rings is 1. The first-order chi connectivity index (χ1) is 12.8. The van der Waals surface area contributed by atoms with Crippen molar-refractivity contribution >= 4 is 28.8 Å². The van der Waals surface area contributed by atoms with Crippen LogP contribution < -0.4 is 10.1 Å². The third-order valence-corrected chi connectivity index (χ3v) is 5.71. The lowest BCUT2D eigenvalue weighted by molar-refractivity contribution is 0.0944. The Bertz CT molecular complexity index is 964. The number of carbonyl (C=O) groups is 1. The van der Waals surface area contributed by atoms with Crippen LogP contribution in [-0.4, -0.2) is 15.7 Å². The van der Waals surface area contributed by atoms with Crippen LogP contribution in [0, 0.1) is 13.8 Å². The molecule has 5 nitrogen and oxygen atoms in total. The molecule has 2 heterocycles. The van der Waals surface area contributed by atoms with Crippen molar-refractivity contribution in [2.24, 2.45) is 7.05 Å². The van der Waals surface area contributed by atoms with Gasteiger partial charge in [0.15, 0.2) is 0 Å². The Balaban J connectivity index is 1.61. The molecule has 0 bridgehead atoms. The molecule has 0 aliphatic heterocycles. The summed E-state index contributed by atoms with van der Waals surface area (Å²) in [4.78, 5) is 13.2. The number of ether oxygens (including phenoxy) is 1. The molecule has 1 aromatic carbocycles. The average molecular weight is 404 g/mol. The number of amides is 1. The van der Waals surface area contributed by atoms with Gasteiger partial charge in [0.1, 0.15) is 12.4 Å². The molecule has 1 amide bonds. The lowest BCUT2D eigenvalue weighted by Gasteiger charge is -2.13. The third kappa shape index (κ3) is 4.51. The van der Waals surface area contributed by atoms with E-state index in [9.17, 15) is 4.79 Å². The fourth-order valence-corrected chi connectivity index (χ4v) is 3.82. The van der Waals surface area contributed by atoms with Crippen molar-refractivity contribution in [3.63, 3.8) is 0 Å². The largest absolute Gasteiger partial charge is 0.489 e. The predicted molar refractivity (Wildman–Crippen MR) is 109 cm³/mol. The molecule has 1 N–H and O–H groups in total. The minimum absolute atomic E-state index is 0.0929. The number of nitrogens with one attached hydrogen (secondary N) is 1. The highest BCUT2D eigenvalue weighted by Gasteiger charge is 2.17. The summed E-state index contributed by atoms with van der Waals surface area (Å²) < 4.78 is 7.65. The lowest BCUT2D eigenvalue weighted by atomic mass is 10.1. The summed E-state index contributed by atoms with van der Waals surface area (Å²) in [5, 5.41) is 9.89. The van der Waals surface area contributed by atoms with Gasteiger partial charge in [0.2, 0.25) is 0 Å². The Morgan fingerprint density at radius 3 is 2.81 bits per heavy atom. The second-order valence-corrected chi connectivity index (χ2v) is 7.87. The van der Waals surface area contributed by atoms with Crippen LogP contribution in [0.15, 0.2) is 35.8 Å². The Morgan fingerprint density at radius 1 is 1.37 bits per heavy atom. The summed E-state index contributed by atoms with van der Waals surface area (Å²) in [6.07, 6.45) is 1.79. The standard InChI is InChI=1S/C20H22ClN3O2S/c1-12-7-16(21)5-6-18(12)26-10-15-8-19(27-11-15)20(25)23-13(2)17-9-22-24(4)14(17)3/h5-9,11,13H,10H2,1-4H3,(H,23,25). The van der Waals surface area contributed by atoms with Crippen LogP contribution in [0.3, 0.4) is 0 Å². The maximum Gasteiger partial charge on any atom is 0.261 e. The number of thiophene rings is 1. The molecule has 1 atom stereocenters. The van der Waals surface area contributed by atoms with Gasteiger partial charge in [-0.2, -0.15) is 5.10 Å². The molecule has 0 radical (unpaired) electrons. The quantitative estimate of drug-likeness (QED) is 0.641. The van der Waals surface area contributed by atoms with Crippen LogP contribution in [-0.2, 0) is 13.7 Å². The smallest absolute Gasteiger partial charge is 0.261 e. The number of rotatable bonds is 6. The maximum absolute atomic E-state index is 12.5. The summed E-state index contributed by atoms with van der Waals surface area (Å²) in [6, 6.07) is 7.29. The first kappa shape index (κ1) is 19.5. The molecule has 3 rings (SSSR count). The third-order valence-electron chi connectivity index (χ3n) is 4.50. The van der Waals surface area contributed by atoms with Crippen molar-refractivity contribution < 1.29 is 9.53 Å². The number of carbonyl (C=O) groups excluding carboxylic acids is 1. The molecular weight excluding hydrogens is 382 g/mol. The van der Waals surface area contributed by atoms with Gasteiger partial charge < -0.3 is 10.1 Å². The fraction of sp³-hybridized carbons (Fsp3) is 0.300. The Morgan fingerprint density at radius 2 is 2.15 bits per heavy atom. The molecule has 3 aromatic rings. The van der Waals surface area contributed by atoms with E-state index >= 15 is 0 Å². The SMILES string of the molecule is Cc1cc(Cl)ccc1OCc1csc(C(=O)NC(C)c2cnn(C)c2C)c1. The molecule has 0 fully saturated rings. The molecule has 7 heteroatoms. The molecule has 0 saturated carbocycles. The second-order valence-electron chi connectivity index (χ2n) is 6.52. The van der Waals surface area contributed by atoms with Crippen LogP contribution in [0.4, 0.5) is 0 Å².